The minimum absolute atomic E-state index is 0.163. The van der Waals surface area contributed by atoms with E-state index in [1.165, 1.54) is 6.07 Å². The molecule has 1 aromatic heterocycles. The number of aryl methyl sites for hydroxylation is 1. The van der Waals surface area contributed by atoms with Crippen molar-refractivity contribution in [2.24, 2.45) is 0 Å². The molecule has 0 bridgehead atoms. The molecular formula is C26H22BrClFN3O2. The zero-order valence-electron chi connectivity index (χ0n) is 18.6. The molecule has 0 unspecified atom stereocenters. The smallest absolute Gasteiger partial charge is 0.255 e. The molecule has 4 aromatic rings. The maximum absolute atomic E-state index is 14.2. The van der Waals surface area contributed by atoms with Gasteiger partial charge in [0.05, 0.1) is 28.1 Å². The largest absolute Gasteiger partial charge is 0.488 e. The van der Waals surface area contributed by atoms with Gasteiger partial charge in [-0.1, -0.05) is 41.9 Å². The molecule has 0 aliphatic rings. The average Bonchev–Trinajstić information content (AvgIpc) is 3.08. The number of nitrogens with zero attached hydrogens (tertiary/aromatic N) is 2. The molecule has 1 amide bonds. The monoisotopic (exact) mass is 541 g/mol. The normalized spacial score (nSPS) is 10.9. The van der Waals surface area contributed by atoms with Crippen LogP contribution in [0.25, 0.3) is 0 Å². The van der Waals surface area contributed by atoms with Crippen molar-refractivity contribution < 1.29 is 13.9 Å². The molecule has 0 aliphatic heterocycles. The highest BCUT2D eigenvalue weighted by Gasteiger charge is 2.17. The SMILES string of the molecule is Cc1nn(Cc2c(F)cccc2Cl)c(C)c1NC(=O)c1cccc(COc2ccccc2Br)c1. The maximum Gasteiger partial charge on any atom is 0.255 e. The van der Waals surface area contributed by atoms with E-state index in [2.05, 4.69) is 26.3 Å². The van der Waals surface area contributed by atoms with Crippen LogP contribution in [0.2, 0.25) is 5.02 Å². The van der Waals surface area contributed by atoms with Crippen molar-refractivity contribution in [3.63, 3.8) is 0 Å². The highest BCUT2D eigenvalue weighted by atomic mass is 79.9. The molecule has 0 spiro atoms. The Balaban J connectivity index is 1.49. The summed E-state index contributed by atoms with van der Waals surface area (Å²) in [5.41, 5.74) is 3.64. The van der Waals surface area contributed by atoms with Crippen LogP contribution in [-0.2, 0) is 13.2 Å². The molecule has 5 nitrogen and oxygen atoms in total. The van der Waals surface area contributed by atoms with Gasteiger partial charge in [-0.25, -0.2) is 4.39 Å². The van der Waals surface area contributed by atoms with E-state index >= 15 is 0 Å². The molecular weight excluding hydrogens is 521 g/mol. The summed E-state index contributed by atoms with van der Waals surface area (Å²) in [5.74, 6) is 0.0654. The summed E-state index contributed by atoms with van der Waals surface area (Å²) in [7, 11) is 0. The molecule has 1 N–H and O–H groups in total. The van der Waals surface area contributed by atoms with E-state index in [0.29, 0.717) is 39.8 Å². The zero-order valence-corrected chi connectivity index (χ0v) is 21.0. The number of benzene rings is 3. The van der Waals surface area contributed by atoms with Crippen molar-refractivity contribution >= 4 is 39.1 Å². The fraction of sp³-hybridized carbons (Fsp3) is 0.154. The van der Waals surface area contributed by atoms with E-state index < -0.39 is 5.82 Å². The number of carbonyl (C=O) groups excluding carboxylic acids is 1. The summed E-state index contributed by atoms with van der Waals surface area (Å²) in [5, 5.41) is 7.75. The lowest BCUT2D eigenvalue weighted by molar-refractivity contribution is 0.102. The standard InChI is InChI=1S/C26H22BrClFN3O2/c1-16-25(17(2)32(31-16)14-20-22(28)10-6-11-23(20)29)30-26(33)19-8-5-7-18(13-19)15-34-24-12-4-3-9-21(24)27/h3-13H,14-15H2,1-2H3,(H,30,33). The molecule has 34 heavy (non-hydrogen) atoms. The Morgan fingerprint density at radius 2 is 1.88 bits per heavy atom. The van der Waals surface area contributed by atoms with Gasteiger partial charge in [0.1, 0.15) is 18.2 Å². The van der Waals surface area contributed by atoms with Gasteiger partial charge in [-0.05, 0) is 71.7 Å². The minimum atomic E-state index is -0.396. The van der Waals surface area contributed by atoms with E-state index in [1.54, 1.807) is 35.9 Å². The van der Waals surface area contributed by atoms with Crippen LogP contribution in [-0.4, -0.2) is 15.7 Å². The quantitative estimate of drug-likeness (QED) is 0.275. The zero-order chi connectivity index (χ0) is 24.2. The van der Waals surface area contributed by atoms with Crippen LogP contribution in [0.1, 0.15) is 32.9 Å². The van der Waals surface area contributed by atoms with Crippen molar-refractivity contribution in [2.75, 3.05) is 5.32 Å². The molecule has 0 saturated carbocycles. The van der Waals surface area contributed by atoms with Crippen LogP contribution in [0, 0.1) is 19.7 Å². The molecule has 0 saturated heterocycles. The maximum atomic E-state index is 14.2. The number of ether oxygens (including phenoxy) is 1. The van der Waals surface area contributed by atoms with Crippen molar-refractivity contribution in [3.8, 4) is 5.75 Å². The number of hydrogen-bond acceptors (Lipinski definition) is 3. The molecule has 3 aromatic carbocycles. The minimum Gasteiger partial charge on any atom is -0.488 e. The number of carbonyl (C=O) groups is 1. The van der Waals surface area contributed by atoms with E-state index in [-0.39, 0.29) is 12.5 Å². The van der Waals surface area contributed by atoms with Gasteiger partial charge in [-0.15, -0.1) is 0 Å². The lowest BCUT2D eigenvalue weighted by atomic mass is 10.1. The van der Waals surface area contributed by atoms with Crippen molar-refractivity contribution in [1.82, 2.24) is 9.78 Å². The Morgan fingerprint density at radius 1 is 1.12 bits per heavy atom. The highest BCUT2D eigenvalue weighted by molar-refractivity contribution is 9.10. The Labute approximate surface area is 210 Å². The van der Waals surface area contributed by atoms with Gasteiger partial charge < -0.3 is 10.1 Å². The summed E-state index contributed by atoms with van der Waals surface area (Å²) in [6.07, 6.45) is 0. The van der Waals surface area contributed by atoms with Gasteiger partial charge in [0, 0.05) is 16.1 Å². The number of amides is 1. The highest BCUT2D eigenvalue weighted by Crippen LogP contribution is 2.26. The molecule has 4 rings (SSSR count). The third-order valence-corrected chi connectivity index (χ3v) is 6.42. The first-order valence-corrected chi connectivity index (χ1v) is 11.7. The van der Waals surface area contributed by atoms with Gasteiger partial charge in [-0.2, -0.15) is 5.10 Å². The molecule has 0 atom stereocenters. The van der Waals surface area contributed by atoms with E-state index in [0.717, 1.165) is 15.8 Å². The first-order valence-electron chi connectivity index (χ1n) is 10.6. The van der Waals surface area contributed by atoms with Crippen LogP contribution in [0.15, 0.2) is 71.2 Å². The molecule has 174 valence electrons. The van der Waals surface area contributed by atoms with Gasteiger partial charge in [0.15, 0.2) is 0 Å². The first kappa shape index (κ1) is 24.0. The number of hydrogen-bond donors (Lipinski definition) is 1. The summed E-state index contributed by atoms with van der Waals surface area (Å²) >= 11 is 9.63. The molecule has 8 heteroatoms. The average molecular weight is 543 g/mol. The van der Waals surface area contributed by atoms with Crippen LogP contribution < -0.4 is 10.1 Å². The van der Waals surface area contributed by atoms with Gasteiger partial charge in [-0.3, -0.25) is 9.48 Å². The van der Waals surface area contributed by atoms with E-state index in [4.69, 9.17) is 16.3 Å². The van der Waals surface area contributed by atoms with E-state index in [9.17, 15) is 9.18 Å². The second-order valence-corrected chi connectivity index (χ2v) is 9.04. The molecule has 1 heterocycles. The topological polar surface area (TPSA) is 56.2 Å². The van der Waals surface area contributed by atoms with Gasteiger partial charge in [0.25, 0.3) is 5.91 Å². The number of aromatic nitrogens is 2. The second-order valence-electron chi connectivity index (χ2n) is 7.78. The molecule has 0 radical (unpaired) electrons. The Kier molecular flexibility index (Phi) is 7.34. The third kappa shape index (κ3) is 5.32. The number of para-hydroxylation sites is 1. The van der Waals surface area contributed by atoms with Gasteiger partial charge >= 0.3 is 0 Å². The van der Waals surface area contributed by atoms with Crippen molar-refractivity contribution in [3.05, 3.63) is 110 Å². The number of rotatable bonds is 7. The summed E-state index contributed by atoms with van der Waals surface area (Å²) in [6.45, 7) is 4.11. The Bertz CT molecular complexity index is 1340. The number of anilines is 1. The fourth-order valence-corrected chi connectivity index (χ4v) is 4.20. The van der Waals surface area contributed by atoms with Crippen LogP contribution in [0.5, 0.6) is 5.75 Å². The second kappa shape index (κ2) is 10.4. The Morgan fingerprint density at radius 3 is 2.65 bits per heavy atom. The predicted molar refractivity (Wildman–Crippen MR) is 135 cm³/mol. The lowest BCUT2D eigenvalue weighted by Crippen LogP contribution is -2.14. The fourth-order valence-electron chi connectivity index (χ4n) is 3.58. The van der Waals surface area contributed by atoms with E-state index in [1.807, 2.05) is 43.3 Å². The van der Waals surface area contributed by atoms with Crippen LogP contribution in [0.3, 0.4) is 0 Å². The third-order valence-electron chi connectivity index (χ3n) is 5.41. The summed E-state index contributed by atoms with van der Waals surface area (Å²) < 4.78 is 22.6. The van der Waals surface area contributed by atoms with Gasteiger partial charge in [0.2, 0.25) is 0 Å². The number of nitrogens with one attached hydrogen (secondary N) is 1. The Hall–Kier alpha value is -3.16. The van der Waals surface area contributed by atoms with Crippen LogP contribution in [0.4, 0.5) is 10.1 Å². The molecule has 0 fully saturated rings. The predicted octanol–water partition coefficient (Wildman–Crippen LogP) is 6.93. The summed E-state index contributed by atoms with van der Waals surface area (Å²) in [6, 6.07) is 19.4. The first-order chi connectivity index (χ1) is 16.3. The molecule has 0 aliphatic carbocycles. The van der Waals surface area contributed by atoms with Crippen LogP contribution >= 0.6 is 27.5 Å². The lowest BCUT2D eigenvalue weighted by Gasteiger charge is -2.11. The summed E-state index contributed by atoms with van der Waals surface area (Å²) in [4.78, 5) is 13.0. The van der Waals surface area contributed by atoms with Crippen molar-refractivity contribution in [1.29, 1.82) is 0 Å². The number of halogens is 3. The van der Waals surface area contributed by atoms with Crippen molar-refractivity contribution in [2.45, 2.75) is 27.0 Å².